The third-order valence-corrected chi connectivity index (χ3v) is 10.00. The zero-order valence-electron chi connectivity index (χ0n) is 23.1. The second-order valence-corrected chi connectivity index (χ2v) is 13.3. The van der Waals surface area contributed by atoms with E-state index in [0.29, 0.717) is 24.0 Å². The number of nitro groups is 1. The standard InChI is InChI=1S/C34H23Br2N3O4S/c35-27-16-21(17-28(36)32(27)43-19-20-10-13-24(14-11-20)39(41)42)18-29-33(40)38-31(23-7-2-1-3-8-23)26-15-12-22-6-4-5-9-25(22)30(26)37-34(38)44-29/h1-11,13-14,16-18,31H,12,15,19H2/b29-18-/t31-/m1/s1. The summed E-state index contributed by atoms with van der Waals surface area (Å²) in [4.78, 5) is 30.3. The van der Waals surface area contributed by atoms with Crippen LogP contribution in [-0.4, -0.2) is 9.49 Å². The molecule has 218 valence electrons. The number of hydrogen-bond acceptors (Lipinski definition) is 6. The molecule has 1 aromatic heterocycles. The molecule has 0 saturated heterocycles. The second kappa shape index (κ2) is 11.8. The Balaban J connectivity index is 1.26. The number of aryl methyl sites for hydroxylation is 1. The minimum Gasteiger partial charge on any atom is -0.487 e. The van der Waals surface area contributed by atoms with Crippen LogP contribution in [0, 0.1) is 10.1 Å². The van der Waals surface area contributed by atoms with Crippen LogP contribution in [0.15, 0.2) is 115 Å². The Morgan fingerprint density at radius 2 is 1.68 bits per heavy atom. The van der Waals surface area contributed by atoms with Gasteiger partial charge in [0.25, 0.3) is 11.2 Å². The minimum atomic E-state index is -0.428. The minimum absolute atomic E-state index is 0.0332. The Morgan fingerprint density at radius 1 is 0.977 bits per heavy atom. The summed E-state index contributed by atoms with van der Waals surface area (Å²) in [5.41, 5.74) is 7.24. The van der Waals surface area contributed by atoms with E-state index >= 15 is 0 Å². The quantitative estimate of drug-likeness (QED) is 0.135. The number of benzene rings is 4. The van der Waals surface area contributed by atoms with Crippen molar-refractivity contribution in [2.24, 2.45) is 4.99 Å². The average Bonchev–Trinajstić information content (AvgIpc) is 3.34. The first-order chi connectivity index (χ1) is 21.4. The highest BCUT2D eigenvalue weighted by Crippen LogP contribution is 2.41. The van der Waals surface area contributed by atoms with Crippen molar-refractivity contribution in [1.82, 2.24) is 4.57 Å². The van der Waals surface area contributed by atoms with Gasteiger partial charge in [0.1, 0.15) is 12.4 Å². The van der Waals surface area contributed by atoms with Gasteiger partial charge in [-0.15, -0.1) is 0 Å². The predicted molar refractivity (Wildman–Crippen MR) is 178 cm³/mol. The van der Waals surface area contributed by atoms with Crippen LogP contribution in [0.5, 0.6) is 5.75 Å². The van der Waals surface area contributed by atoms with Crippen LogP contribution in [0.1, 0.15) is 40.3 Å². The maximum absolute atomic E-state index is 14.1. The smallest absolute Gasteiger partial charge is 0.271 e. The summed E-state index contributed by atoms with van der Waals surface area (Å²) in [6.45, 7) is 0.237. The van der Waals surface area contributed by atoms with Gasteiger partial charge in [0.05, 0.1) is 30.1 Å². The molecule has 0 amide bonds. The summed E-state index contributed by atoms with van der Waals surface area (Å²) >= 11 is 8.63. The van der Waals surface area contributed by atoms with Gasteiger partial charge < -0.3 is 4.74 Å². The third-order valence-electron chi connectivity index (χ3n) is 7.84. The lowest BCUT2D eigenvalue weighted by atomic mass is 9.83. The first-order valence-corrected chi connectivity index (χ1v) is 16.3. The molecule has 2 heterocycles. The molecule has 44 heavy (non-hydrogen) atoms. The predicted octanol–water partition coefficient (Wildman–Crippen LogP) is 7.33. The van der Waals surface area contributed by atoms with Gasteiger partial charge in [0.15, 0.2) is 4.80 Å². The van der Waals surface area contributed by atoms with Crippen LogP contribution in [0.2, 0.25) is 0 Å². The highest BCUT2D eigenvalue weighted by atomic mass is 79.9. The van der Waals surface area contributed by atoms with Gasteiger partial charge in [0, 0.05) is 17.7 Å². The maximum atomic E-state index is 14.1. The summed E-state index contributed by atoms with van der Waals surface area (Å²) in [5.74, 6) is 0.595. The molecule has 7 nitrogen and oxygen atoms in total. The number of fused-ring (bicyclic) bond motifs is 3. The van der Waals surface area contributed by atoms with Crippen molar-refractivity contribution in [1.29, 1.82) is 0 Å². The molecule has 0 bridgehead atoms. The van der Waals surface area contributed by atoms with E-state index in [2.05, 4.69) is 62.2 Å². The van der Waals surface area contributed by atoms with Gasteiger partial charge >= 0.3 is 0 Å². The van der Waals surface area contributed by atoms with Crippen LogP contribution >= 0.6 is 43.2 Å². The van der Waals surface area contributed by atoms with Crippen molar-refractivity contribution in [3.63, 3.8) is 0 Å². The van der Waals surface area contributed by atoms with Crippen molar-refractivity contribution in [3.05, 3.63) is 163 Å². The molecule has 1 aliphatic heterocycles. The molecule has 0 N–H and O–H groups in total. The fraction of sp³-hybridized carbons (Fsp3) is 0.118. The molecule has 0 spiro atoms. The van der Waals surface area contributed by atoms with Crippen LogP contribution in [-0.2, 0) is 13.0 Å². The van der Waals surface area contributed by atoms with E-state index in [-0.39, 0.29) is 23.9 Å². The summed E-state index contributed by atoms with van der Waals surface area (Å²) in [5, 5.41) is 10.9. The molecule has 0 saturated carbocycles. The number of ether oxygens (including phenoxy) is 1. The fourth-order valence-corrected chi connectivity index (χ4v) is 8.23. The highest BCUT2D eigenvalue weighted by molar-refractivity contribution is 9.11. The summed E-state index contributed by atoms with van der Waals surface area (Å²) in [6, 6.07) is 28.5. The number of halogens is 2. The van der Waals surface area contributed by atoms with E-state index in [0.717, 1.165) is 40.8 Å². The Bertz CT molecular complexity index is 2130. The monoisotopic (exact) mass is 727 g/mol. The van der Waals surface area contributed by atoms with Crippen LogP contribution in [0.3, 0.4) is 0 Å². The Hall–Kier alpha value is -4.12. The van der Waals surface area contributed by atoms with Gasteiger partial charge in [-0.1, -0.05) is 65.9 Å². The van der Waals surface area contributed by atoms with Gasteiger partial charge in [-0.3, -0.25) is 19.5 Å². The molecule has 7 rings (SSSR count). The summed E-state index contributed by atoms with van der Waals surface area (Å²) in [6.07, 6.45) is 3.65. The highest BCUT2D eigenvalue weighted by Gasteiger charge is 2.32. The molecule has 0 unspecified atom stereocenters. The lowest BCUT2D eigenvalue weighted by Gasteiger charge is -2.30. The Morgan fingerprint density at radius 3 is 2.41 bits per heavy atom. The molecule has 2 aliphatic rings. The number of allylic oxidation sites excluding steroid dienone is 1. The first kappa shape index (κ1) is 28.6. The van der Waals surface area contributed by atoms with Crippen molar-refractivity contribution >= 4 is 60.7 Å². The van der Waals surface area contributed by atoms with E-state index in [1.54, 1.807) is 12.1 Å². The second-order valence-electron chi connectivity index (χ2n) is 10.6. The molecule has 0 radical (unpaired) electrons. The number of non-ortho nitro benzene ring substituents is 1. The lowest BCUT2D eigenvalue weighted by molar-refractivity contribution is -0.384. The first-order valence-electron chi connectivity index (χ1n) is 13.9. The number of rotatable bonds is 6. The Labute approximate surface area is 272 Å². The summed E-state index contributed by atoms with van der Waals surface area (Å²) < 4.78 is 9.90. The zero-order chi connectivity index (χ0) is 30.4. The lowest BCUT2D eigenvalue weighted by Crippen LogP contribution is -2.38. The average molecular weight is 729 g/mol. The van der Waals surface area contributed by atoms with Gasteiger partial charge in [-0.05, 0) is 103 Å². The fourth-order valence-electron chi connectivity index (χ4n) is 5.78. The van der Waals surface area contributed by atoms with Crippen LogP contribution < -0.4 is 19.6 Å². The number of aromatic nitrogens is 1. The SMILES string of the molecule is O=c1/c(=C/c2cc(Br)c(OCc3ccc([N+](=O)[O-])cc3)c(Br)c2)sc2n1[C@H](c1ccccc1)C1=C(N=2)c2ccccc2CC1. The van der Waals surface area contributed by atoms with Gasteiger partial charge in [-0.25, -0.2) is 4.99 Å². The third kappa shape index (κ3) is 5.27. The largest absolute Gasteiger partial charge is 0.487 e. The van der Waals surface area contributed by atoms with Crippen molar-refractivity contribution < 1.29 is 9.66 Å². The van der Waals surface area contributed by atoms with E-state index in [9.17, 15) is 14.9 Å². The number of hydrogen-bond donors (Lipinski definition) is 0. The summed E-state index contributed by atoms with van der Waals surface area (Å²) in [7, 11) is 0. The van der Waals surface area contributed by atoms with Crippen molar-refractivity contribution in [2.75, 3.05) is 0 Å². The molecule has 10 heteroatoms. The molecule has 5 aromatic rings. The topological polar surface area (TPSA) is 86.7 Å². The van der Waals surface area contributed by atoms with E-state index in [4.69, 9.17) is 9.73 Å². The molecule has 1 atom stereocenters. The van der Waals surface area contributed by atoms with E-state index < -0.39 is 4.92 Å². The van der Waals surface area contributed by atoms with E-state index in [1.165, 1.54) is 34.6 Å². The number of nitrogens with zero attached hydrogens (tertiary/aromatic N) is 3. The molecular formula is C34H23Br2N3O4S. The molecule has 0 fully saturated rings. The van der Waals surface area contributed by atoms with Crippen LogP contribution in [0.4, 0.5) is 5.69 Å². The molecule has 4 aromatic carbocycles. The van der Waals surface area contributed by atoms with Gasteiger partial charge in [-0.2, -0.15) is 0 Å². The maximum Gasteiger partial charge on any atom is 0.271 e. The van der Waals surface area contributed by atoms with Gasteiger partial charge in [0.2, 0.25) is 0 Å². The molecule has 1 aliphatic carbocycles. The molecular weight excluding hydrogens is 706 g/mol. The normalized spacial score (nSPS) is 15.7. The Kier molecular flexibility index (Phi) is 7.65. The van der Waals surface area contributed by atoms with Crippen LogP contribution in [0.25, 0.3) is 11.8 Å². The number of thiazole rings is 1. The van der Waals surface area contributed by atoms with E-state index in [1.807, 2.05) is 47.0 Å². The van der Waals surface area contributed by atoms with Crippen molar-refractivity contribution in [2.45, 2.75) is 25.5 Å². The van der Waals surface area contributed by atoms with Crippen molar-refractivity contribution in [3.8, 4) is 5.75 Å². The number of nitro benzene ring substituents is 1. The zero-order valence-corrected chi connectivity index (χ0v) is 27.1.